The van der Waals surface area contributed by atoms with Crippen LogP contribution < -0.4 is 0 Å². The van der Waals surface area contributed by atoms with Crippen molar-refractivity contribution in [1.82, 2.24) is 9.78 Å². The number of thioether (sulfide) groups is 1. The van der Waals surface area contributed by atoms with Gasteiger partial charge in [-0.25, -0.2) is 0 Å². The molecule has 0 atom stereocenters. The highest BCUT2D eigenvalue weighted by molar-refractivity contribution is 7.98. The second-order valence-corrected chi connectivity index (χ2v) is 3.10. The van der Waals surface area contributed by atoms with E-state index in [0.29, 0.717) is 0 Å². The number of nitrogens with zero attached hydrogens (tertiary/aromatic N) is 2. The topological polar surface area (TPSA) is 38.0 Å². The van der Waals surface area contributed by atoms with E-state index in [1.54, 1.807) is 11.8 Å². The highest BCUT2D eigenvalue weighted by Gasteiger charge is 1.94. The van der Waals surface area contributed by atoms with E-state index in [0.717, 1.165) is 13.0 Å². The van der Waals surface area contributed by atoms with Crippen LogP contribution in [0, 0.1) is 0 Å². The van der Waals surface area contributed by atoms with E-state index in [-0.39, 0.29) is 6.61 Å². The summed E-state index contributed by atoms with van der Waals surface area (Å²) in [5, 5.41) is 12.7. The van der Waals surface area contributed by atoms with Crippen LogP contribution in [0.2, 0.25) is 0 Å². The SMILES string of the molecule is CSc1cnn(CCCO)c1. The number of aliphatic hydroxyl groups is 1. The number of aryl methyl sites for hydroxylation is 1. The summed E-state index contributed by atoms with van der Waals surface area (Å²) in [7, 11) is 0. The predicted molar refractivity (Wildman–Crippen MR) is 45.7 cm³/mol. The van der Waals surface area contributed by atoms with Crippen LogP contribution in [0.15, 0.2) is 17.3 Å². The average Bonchev–Trinajstić information content (AvgIpc) is 2.48. The van der Waals surface area contributed by atoms with Crippen LogP contribution in [0.5, 0.6) is 0 Å². The second kappa shape index (κ2) is 4.41. The van der Waals surface area contributed by atoms with Gasteiger partial charge >= 0.3 is 0 Å². The molecule has 0 fully saturated rings. The number of rotatable bonds is 4. The Labute approximate surface area is 70.4 Å². The van der Waals surface area contributed by atoms with Crippen molar-refractivity contribution < 1.29 is 5.11 Å². The minimum absolute atomic E-state index is 0.231. The number of hydrogen-bond acceptors (Lipinski definition) is 3. The van der Waals surface area contributed by atoms with Crippen molar-refractivity contribution in [2.24, 2.45) is 0 Å². The Morgan fingerprint density at radius 2 is 2.55 bits per heavy atom. The van der Waals surface area contributed by atoms with Crippen molar-refractivity contribution in [3.63, 3.8) is 0 Å². The van der Waals surface area contributed by atoms with Gasteiger partial charge in [0.15, 0.2) is 0 Å². The van der Waals surface area contributed by atoms with E-state index in [2.05, 4.69) is 5.10 Å². The van der Waals surface area contributed by atoms with Gasteiger partial charge in [-0.2, -0.15) is 5.10 Å². The van der Waals surface area contributed by atoms with E-state index in [4.69, 9.17) is 5.11 Å². The zero-order valence-electron chi connectivity index (χ0n) is 6.53. The molecule has 0 aliphatic rings. The highest BCUT2D eigenvalue weighted by atomic mass is 32.2. The molecular weight excluding hydrogens is 160 g/mol. The molecule has 0 spiro atoms. The van der Waals surface area contributed by atoms with Crippen molar-refractivity contribution in [2.45, 2.75) is 17.9 Å². The molecule has 0 aromatic carbocycles. The largest absolute Gasteiger partial charge is 0.396 e. The molecule has 1 aromatic heterocycles. The molecule has 1 rings (SSSR count). The molecule has 0 saturated heterocycles. The summed E-state index contributed by atoms with van der Waals surface area (Å²) in [5.41, 5.74) is 0. The molecule has 0 saturated carbocycles. The van der Waals surface area contributed by atoms with Gasteiger partial charge in [0.25, 0.3) is 0 Å². The van der Waals surface area contributed by atoms with Crippen molar-refractivity contribution in [3.8, 4) is 0 Å². The predicted octanol–water partition coefficient (Wildman–Crippen LogP) is 0.987. The lowest BCUT2D eigenvalue weighted by atomic mass is 10.5. The van der Waals surface area contributed by atoms with Crippen LogP contribution >= 0.6 is 11.8 Å². The van der Waals surface area contributed by atoms with Crippen molar-refractivity contribution in [3.05, 3.63) is 12.4 Å². The Balaban J connectivity index is 2.44. The Morgan fingerprint density at radius 3 is 3.09 bits per heavy atom. The molecule has 1 N–H and O–H groups in total. The monoisotopic (exact) mass is 172 g/mol. The van der Waals surface area contributed by atoms with E-state index in [1.807, 2.05) is 23.3 Å². The van der Waals surface area contributed by atoms with Crippen LogP contribution in [0.3, 0.4) is 0 Å². The zero-order valence-corrected chi connectivity index (χ0v) is 7.34. The van der Waals surface area contributed by atoms with E-state index < -0.39 is 0 Å². The van der Waals surface area contributed by atoms with Crippen molar-refractivity contribution >= 4 is 11.8 Å². The van der Waals surface area contributed by atoms with Gasteiger partial charge in [-0.15, -0.1) is 11.8 Å². The van der Waals surface area contributed by atoms with Gasteiger partial charge in [0, 0.05) is 24.2 Å². The molecule has 0 aliphatic heterocycles. The van der Waals surface area contributed by atoms with Gasteiger partial charge in [0.1, 0.15) is 0 Å². The van der Waals surface area contributed by atoms with Crippen LogP contribution in [-0.4, -0.2) is 27.7 Å². The Hall–Kier alpha value is -0.480. The Morgan fingerprint density at radius 1 is 1.73 bits per heavy atom. The molecule has 0 aliphatic carbocycles. The highest BCUT2D eigenvalue weighted by Crippen LogP contribution is 2.11. The summed E-state index contributed by atoms with van der Waals surface area (Å²) in [6.07, 6.45) is 6.62. The molecule has 0 amide bonds. The molecule has 0 radical (unpaired) electrons. The number of aromatic nitrogens is 2. The van der Waals surface area contributed by atoms with E-state index in [1.165, 1.54) is 4.90 Å². The smallest absolute Gasteiger partial charge is 0.0625 e. The first-order valence-electron chi connectivity index (χ1n) is 3.54. The maximum Gasteiger partial charge on any atom is 0.0625 e. The zero-order chi connectivity index (χ0) is 8.10. The maximum absolute atomic E-state index is 8.55. The lowest BCUT2D eigenvalue weighted by molar-refractivity contribution is 0.277. The molecule has 3 nitrogen and oxygen atoms in total. The van der Waals surface area contributed by atoms with Crippen LogP contribution in [0.25, 0.3) is 0 Å². The van der Waals surface area contributed by atoms with Crippen LogP contribution in [0.4, 0.5) is 0 Å². The Bertz CT molecular complexity index is 212. The van der Waals surface area contributed by atoms with Gasteiger partial charge in [-0.1, -0.05) is 0 Å². The number of aliphatic hydroxyl groups excluding tert-OH is 1. The molecule has 62 valence electrons. The van der Waals surface area contributed by atoms with Gasteiger partial charge < -0.3 is 5.11 Å². The van der Waals surface area contributed by atoms with Crippen molar-refractivity contribution in [2.75, 3.05) is 12.9 Å². The summed E-state index contributed by atoms with van der Waals surface area (Å²) in [4.78, 5) is 1.17. The first-order valence-corrected chi connectivity index (χ1v) is 4.76. The van der Waals surface area contributed by atoms with Crippen LogP contribution in [0.1, 0.15) is 6.42 Å². The minimum atomic E-state index is 0.231. The fraction of sp³-hybridized carbons (Fsp3) is 0.571. The summed E-state index contributed by atoms with van der Waals surface area (Å²) < 4.78 is 1.85. The maximum atomic E-state index is 8.55. The normalized spacial score (nSPS) is 10.4. The summed E-state index contributed by atoms with van der Waals surface area (Å²) in [6, 6.07) is 0. The van der Waals surface area contributed by atoms with Gasteiger partial charge in [-0.05, 0) is 12.7 Å². The first-order chi connectivity index (χ1) is 5.36. The molecule has 4 heteroatoms. The lowest BCUT2D eigenvalue weighted by Gasteiger charge is -1.96. The third kappa shape index (κ3) is 2.55. The minimum Gasteiger partial charge on any atom is -0.396 e. The van der Waals surface area contributed by atoms with E-state index in [9.17, 15) is 0 Å². The quantitative estimate of drug-likeness (QED) is 0.688. The van der Waals surface area contributed by atoms with Gasteiger partial charge in [0.05, 0.1) is 6.20 Å². The molecular formula is C7H12N2OS. The van der Waals surface area contributed by atoms with Crippen LogP contribution in [-0.2, 0) is 6.54 Å². The average molecular weight is 172 g/mol. The number of hydrogen-bond donors (Lipinski definition) is 1. The Kier molecular flexibility index (Phi) is 3.45. The third-order valence-corrected chi connectivity index (χ3v) is 2.07. The summed E-state index contributed by atoms with van der Waals surface area (Å²) >= 11 is 1.68. The molecule has 1 aromatic rings. The summed E-state index contributed by atoms with van der Waals surface area (Å²) in [6.45, 7) is 1.03. The molecule has 11 heavy (non-hydrogen) atoms. The van der Waals surface area contributed by atoms with Gasteiger partial charge in [0.2, 0.25) is 0 Å². The summed E-state index contributed by atoms with van der Waals surface area (Å²) in [5.74, 6) is 0. The fourth-order valence-electron chi connectivity index (χ4n) is 0.805. The van der Waals surface area contributed by atoms with Gasteiger partial charge in [-0.3, -0.25) is 4.68 Å². The fourth-order valence-corrected chi connectivity index (χ4v) is 1.18. The van der Waals surface area contributed by atoms with E-state index >= 15 is 0 Å². The first kappa shape index (κ1) is 8.62. The molecule has 1 heterocycles. The van der Waals surface area contributed by atoms with Crippen molar-refractivity contribution in [1.29, 1.82) is 0 Å². The molecule has 0 unspecified atom stereocenters. The lowest BCUT2D eigenvalue weighted by Crippen LogP contribution is -1.99. The second-order valence-electron chi connectivity index (χ2n) is 2.22. The third-order valence-electron chi connectivity index (χ3n) is 1.39. The molecule has 0 bridgehead atoms. The standard InChI is InChI=1S/C7H12N2OS/c1-11-7-5-8-9(6-7)3-2-4-10/h5-6,10H,2-4H2,1H3.